The predicted molar refractivity (Wildman–Crippen MR) is 94.2 cm³/mol. The van der Waals surface area contributed by atoms with Crippen LogP contribution < -0.4 is 5.32 Å². The quantitative estimate of drug-likeness (QED) is 0.822. The van der Waals surface area contributed by atoms with Crippen molar-refractivity contribution in [2.24, 2.45) is 11.8 Å². The molecular weight excluding hydrogens is 354 g/mol. The molecule has 2 aromatic rings. The van der Waals surface area contributed by atoms with Gasteiger partial charge in [-0.15, -0.1) is 0 Å². The van der Waals surface area contributed by atoms with Crippen LogP contribution in [0, 0.1) is 11.8 Å². The van der Waals surface area contributed by atoms with Gasteiger partial charge < -0.3 is 9.73 Å². The van der Waals surface area contributed by atoms with Gasteiger partial charge in [-0.3, -0.25) is 4.79 Å². The lowest BCUT2D eigenvalue weighted by molar-refractivity contribution is -0.118. The van der Waals surface area contributed by atoms with Gasteiger partial charge in [0.2, 0.25) is 0 Å². The first kappa shape index (κ1) is 14.8. The van der Waals surface area contributed by atoms with Crippen LogP contribution in [0.4, 0.5) is 5.69 Å². The van der Waals surface area contributed by atoms with E-state index < -0.39 is 0 Å². The smallest absolute Gasteiger partial charge is 0.173 e. The molecule has 0 radical (unpaired) electrons. The van der Waals surface area contributed by atoms with Gasteiger partial charge in [0.05, 0.1) is 17.3 Å². The zero-order valence-electron chi connectivity index (χ0n) is 12.7. The number of hydrogen-bond donors (Lipinski definition) is 1. The number of ketones is 1. The van der Waals surface area contributed by atoms with E-state index in [1.807, 2.05) is 12.1 Å². The number of hydrogen-bond acceptors (Lipinski definition) is 3. The normalized spacial score (nSPS) is 23.4. The molecule has 118 valence electrons. The second kappa shape index (κ2) is 6.00. The van der Waals surface area contributed by atoms with Crippen molar-refractivity contribution in [2.75, 3.05) is 5.32 Å². The number of carbonyl (C=O) groups excluding carboxylic acids is 1. The van der Waals surface area contributed by atoms with Crippen molar-refractivity contribution in [1.82, 2.24) is 0 Å². The number of furan rings is 1. The van der Waals surface area contributed by atoms with E-state index in [0.717, 1.165) is 40.8 Å². The minimum atomic E-state index is 0.205. The number of nitrogens with one attached hydrogen (secondary N) is 1. The summed E-state index contributed by atoms with van der Waals surface area (Å²) in [5.74, 6) is 1.81. The standard InChI is InChI=1S/C19H18BrNO2/c20-18-17(15-4-1-5-16(15)19(18)22)12-6-8-13(9-7-12)21-11-14-3-2-10-23-14/h2-3,6-10,15-16,21H,1,4-5,11H2. The minimum absolute atomic E-state index is 0.205. The first-order valence-electron chi connectivity index (χ1n) is 8.04. The van der Waals surface area contributed by atoms with Crippen molar-refractivity contribution in [1.29, 1.82) is 0 Å². The van der Waals surface area contributed by atoms with Crippen LogP contribution >= 0.6 is 15.9 Å². The predicted octanol–water partition coefficient (Wildman–Crippen LogP) is 5.00. The molecule has 3 nitrogen and oxygen atoms in total. The van der Waals surface area contributed by atoms with Crippen molar-refractivity contribution in [3.63, 3.8) is 0 Å². The maximum absolute atomic E-state index is 12.3. The number of Topliss-reactive ketones (excluding diaryl/α,β-unsaturated/α-hetero) is 1. The highest BCUT2D eigenvalue weighted by Crippen LogP contribution is 2.51. The van der Waals surface area contributed by atoms with Gasteiger partial charge in [-0.2, -0.15) is 0 Å². The molecule has 1 N–H and O–H groups in total. The van der Waals surface area contributed by atoms with Crippen LogP contribution in [0.5, 0.6) is 0 Å². The Hall–Kier alpha value is -1.81. The summed E-state index contributed by atoms with van der Waals surface area (Å²) < 4.78 is 6.11. The molecule has 4 heteroatoms. The highest BCUT2D eigenvalue weighted by Gasteiger charge is 2.43. The largest absolute Gasteiger partial charge is 0.467 e. The van der Waals surface area contributed by atoms with Crippen molar-refractivity contribution in [2.45, 2.75) is 25.8 Å². The molecule has 23 heavy (non-hydrogen) atoms. The van der Waals surface area contributed by atoms with Crippen LogP contribution in [0.3, 0.4) is 0 Å². The van der Waals surface area contributed by atoms with E-state index in [2.05, 4.69) is 45.5 Å². The molecule has 1 fully saturated rings. The number of fused-ring (bicyclic) bond motifs is 1. The molecule has 1 saturated carbocycles. The van der Waals surface area contributed by atoms with Gasteiger partial charge in [0.25, 0.3) is 0 Å². The van der Waals surface area contributed by atoms with Crippen molar-refractivity contribution >= 4 is 33.0 Å². The summed E-state index contributed by atoms with van der Waals surface area (Å²) in [7, 11) is 0. The molecule has 0 aliphatic heterocycles. The Labute approximate surface area is 143 Å². The number of rotatable bonds is 4. The van der Waals surface area contributed by atoms with Crippen molar-refractivity contribution < 1.29 is 9.21 Å². The summed E-state index contributed by atoms with van der Waals surface area (Å²) in [6.45, 7) is 0.669. The third-order valence-electron chi connectivity index (χ3n) is 4.92. The van der Waals surface area contributed by atoms with Crippen molar-refractivity contribution in [3.8, 4) is 0 Å². The number of benzene rings is 1. The highest BCUT2D eigenvalue weighted by molar-refractivity contribution is 9.12. The average Bonchev–Trinajstić information content (AvgIpc) is 3.28. The van der Waals surface area contributed by atoms with Gasteiger partial charge in [0.1, 0.15) is 5.76 Å². The Morgan fingerprint density at radius 2 is 1.91 bits per heavy atom. The third-order valence-corrected chi connectivity index (χ3v) is 5.74. The van der Waals surface area contributed by atoms with Crippen LogP contribution in [0.2, 0.25) is 0 Å². The maximum atomic E-state index is 12.3. The fourth-order valence-electron chi connectivity index (χ4n) is 3.79. The molecule has 2 atom stereocenters. The number of allylic oxidation sites excluding steroid dienone is 2. The molecule has 0 amide bonds. The summed E-state index contributed by atoms with van der Waals surface area (Å²) in [6.07, 6.45) is 5.00. The Morgan fingerprint density at radius 3 is 2.65 bits per heavy atom. The van der Waals surface area contributed by atoms with E-state index in [9.17, 15) is 4.79 Å². The van der Waals surface area contributed by atoms with Crippen LogP contribution in [0.1, 0.15) is 30.6 Å². The van der Waals surface area contributed by atoms with Crippen molar-refractivity contribution in [3.05, 3.63) is 58.5 Å². The molecule has 1 heterocycles. The topological polar surface area (TPSA) is 42.2 Å². The summed E-state index contributed by atoms with van der Waals surface area (Å²) in [4.78, 5) is 12.3. The van der Waals surface area contributed by atoms with Gasteiger partial charge in [0, 0.05) is 11.6 Å². The van der Waals surface area contributed by atoms with E-state index in [1.54, 1.807) is 6.26 Å². The maximum Gasteiger partial charge on any atom is 0.173 e. The second-order valence-electron chi connectivity index (χ2n) is 6.25. The zero-order valence-corrected chi connectivity index (χ0v) is 14.3. The van der Waals surface area contributed by atoms with Crippen LogP contribution in [0.25, 0.3) is 5.57 Å². The summed E-state index contributed by atoms with van der Waals surface area (Å²) in [5.41, 5.74) is 3.41. The summed E-state index contributed by atoms with van der Waals surface area (Å²) in [5, 5.41) is 3.34. The first-order valence-corrected chi connectivity index (χ1v) is 8.84. The van der Waals surface area contributed by atoms with Gasteiger partial charge in [-0.25, -0.2) is 0 Å². The Morgan fingerprint density at radius 1 is 1.13 bits per heavy atom. The van der Waals surface area contributed by atoms with Gasteiger partial charge in [-0.05, 0) is 70.1 Å². The molecule has 2 aliphatic carbocycles. The number of halogens is 1. The van der Waals surface area contributed by atoms with E-state index in [1.165, 1.54) is 5.57 Å². The number of carbonyl (C=O) groups is 1. The van der Waals surface area contributed by atoms with Gasteiger partial charge in [-0.1, -0.05) is 18.6 Å². The Balaban J connectivity index is 1.53. The fraction of sp³-hybridized carbons (Fsp3) is 0.316. The SMILES string of the molecule is O=C1C(Br)=C(c2ccc(NCc3ccco3)cc2)C2CCCC12. The lowest BCUT2D eigenvalue weighted by Crippen LogP contribution is -2.10. The fourth-order valence-corrected chi connectivity index (χ4v) is 4.61. The Kier molecular flexibility index (Phi) is 3.85. The molecular formula is C19H18BrNO2. The molecule has 0 spiro atoms. The number of anilines is 1. The lowest BCUT2D eigenvalue weighted by atomic mass is 9.90. The van der Waals surface area contributed by atoms with E-state index in [4.69, 9.17) is 4.42 Å². The van der Waals surface area contributed by atoms with E-state index in [-0.39, 0.29) is 5.92 Å². The van der Waals surface area contributed by atoms with Crippen LogP contribution in [-0.4, -0.2) is 5.78 Å². The lowest BCUT2D eigenvalue weighted by Gasteiger charge is -2.14. The van der Waals surface area contributed by atoms with Crippen LogP contribution in [0.15, 0.2) is 51.6 Å². The molecule has 0 saturated heterocycles. The molecule has 4 rings (SSSR count). The van der Waals surface area contributed by atoms with Gasteiger partial charge in [0.15, 0.2) is 5.78 Å². The molecule has 1 aromatic heterocycles. The second-order valence-corrected chi connectivity index (χ2v) is 7.04. The third kappa shape index (κ3) is 2.65. The van der Waals surface area contributed by atoms with E-state index in [0.29, 0.717) is 18.2 Å². The van der Waals surface area contributed by atoms with Gasteiger partial charge >= 0.3 is 0 Å². The molecule has 1 aromatic carbocycles. The molecule has 0 bridgehead atoms. The monoisotopic (exact) mass is 371 g/mol. The molecule has 2 unspecified atom stereocenters. The Bertz CT molecular complexity index is 746. The average molecular weight is 372 g/mol. The minimum Gasteiger partial charge on any atom is -0.467 e. The summed E-state index contributed by atoms with van der Waals surface area (Å²) >= 11 is 3.54. The van der Waals surface area contributed by atoms with Crippen LogP contribution in [-0.2, 0) is 11.3 Å². The highest BCUT2D eigenvalue weighted by atomic mass is 79.9. The molecule has 2 aliphatic rings. The van der Waals surface area contributed by atoms with E-state index >= 15 is 0 Å². The zero-order chi connectivity index (χ0) is 15.8. The summed E-state index contributed by atoms with van der Waals surface area (Å²) in [6, 6.07) is 12.2. The first-order chi connectivity index (χ1) is 11.2.